The second kappa shape index (κ2) is 8.85. The minimum Gasteiger partial charge on any atom is -0.309 e. The molecule has 1 unspecified atom stereocenters. The third-order valence-electron chi connectivity index (χ3n) is 8.38. The Morgan fingerprint density at radius 1 is 0.487 bits per heavy atom. The largest absolute Gasteiger partial charge is 0.309 e. The number of benzene rings is 6. The first kappa shape index (κ1) is 22.1. The predicted octanol–water partition coefficient (Wildman–Crippen LogP) is 9.81. The van der Waals surface area contributed by atoms with Crippen molar-refractivity contribution in [3.63, 3.8) is 0 Å². The number of hydrogen-bond acceptors (Lipinski definition) is 0. The van der Waals surface area contributed by atoms with Crippen LogP contribution >= 0.6 is 0 Å². The minimum absolute atomic E-state index is 0.372. The first-order valence-electron chi connectivity index (χ1n) is 13.7. The van der Waals surface area contributed by atoms with Gasteiger partial charge in [-0.05, 0) is 75.7 Å². The molecule has 0 aliphatic heterocycles. The van der Waals surface area contributed by atoms with Crippen LogP contribution in [0.5, 0.6) is 0 Å². The van der Waals surface area contributed by atoms with Crippen molar-refractivity contribution in [3.8, 4) is 27.9 Å². The highest BCUT2D eigenvalue weighted by Gasteiger charge is 2.26. The summed E-state index contributed by atoms with van der Waals surface area (Å²) in [5.41, 5.74) is 13.2. The Bertz CT molecular complexity index is 1980. The lowest BCUT2D eigenvalue weighted by Gasteiger charge is -2.29. The second-order valence-corrected chi connectivity index (χ2v) is 10.5. The maximum atomic E-state index is 2.43. The smallest absolute Gasteiger partial charge is 0.0541 e. The summed E-state index contributed by atoms with van der Waals surface area (Å²) >= 11 is 0. The fourth-order valence-corrected chi connectivity index (χ4v) is 6.57. The van der Waals surface area contributed by atoms with E-state index in [-0.39, 0.29) is 0 Å². The van der Waals surface area contributed by atoms with Gasteiger partial charge in [-0.1, -0.05) is 115 Å². The predicted molar refractivity (Wildman–Crippen MR) is 164 cm³/mol. The molecule has 0 N–H and O–H groups in total. The van der Waals surface area contributed by atoms with Crippen molar-refractivity contribution in [2.24, 2.45) is 0 Å². The molecule has 0 saturated heterocycles. The highest BCUT2D eigenvalue weighted by atomic mass is 15.0. The monoisotopic (exact) mass is 497 g/mol. The third-order valence-corrected chi connectivity index (χ3v) is 8.38. The van der Waals surface area contributed by atoms with Gasteiger partial charge in [0.1, 0.15) is 0 Å². The molecular weight excluding hydrogens is 470 g/mol. The standard InChI is InChI=1S/C38H27N/c1-3-11-26(12-4-1)35-25-29-23-27(19-21-31(29)32-15-7-8-16-33(32)35)28-20-22-38-36(24-28)34-17-9-10-18-37(34)39(38)30-13-5-2-6-14-30/h1-24,35H,25H2. The van der Waals surface area contributed by atoms with Crippen molar-refractivity contribution in [1.29, 1.82) is 0 Å². The van der Waals surface area contributed by atoms with Crippen molar-refractivity contribution in [2.75, 3.05) is 0 Å². The van der Waals surface area contributed by atoms with E-state index in [0.29, 0.717) is 5.92 Å². The lowest BCUT2D eigenvalue weighted by Crippen LogP contribution is -2.12. The van der Waals surface area contributed by atoms with Crippen LogP contribution in [0.15, 0.2) is 146 Å². The molecule has 0 fully saturated rings. The molecule has 6 aromatic carbocycles. The van der Waals surface area contributed by atoms with Gasteiger partial charge in [0.2, 0.25) is 0 Å². The number of nitrogens with zero attached hydrogens (tertiary/aromatic N) is 1. The molecule has 1 heterocycles. The van der Waals surface area contributed by atoms with E-state index in [1.54, 1.807) is 0 Å². The molecule has 1 nitrogen and oxygen atoms in total. The molecule has 184 valence electrons. The van der Waals surface area contributed by atoms with E-state index in [9.17, 15) is 0 Å². The van der Waals surface area contributed by atoms with E-state index in [1.165, 1.54) is 66.4 Å². The van der Waals surface area contributed by atoms with Crippen LogP contribution in [-0.4, -0.2) is 4.57 Å². The summed E-state index contributed by atoms with van der Waals surface area (Å²) in [7, 11) is 0. The zero-order chi connectivity index (χ0) is 25.8. The van der Waals surface area contributed by atoms with Crippen LogP contribution in [0.2, 0.25) is 0 Å². The van der Waals surface area contributed by atoms with Gasteiger partial charge in [0.25, 0.3) is 0 Å². The van der Waals surface area contributed by atoms with Crippen LogP contribution in [0, 0.1) is 0 Å². The molecule has 0 amide bonds. The van der Waals surface area contributed by atoms with Crippen molar-refractivity contribution < 1.29 is 0 Å². The van der Waals surface area contributed by atoms with Gasteiger partial charge >= 0.3 is 0 Å². The molecule has 1 heteroatoms. The van der Waals surface area contributed by atoms with E-state index in [2.05, 4.69) is 150 Å². The molecule has 1 aliphatic rings. The lowest BCUT2D eigenvalue weighted by atomic mass is 9.75. The van der Waals surface area contributed by atoms with E-state index in [1.807, 2.05) is 0 Å². The molecule has 1 atom stereocenters. The topological polar surface area (TPSA) is 4.93 Å². The van der Waals surface area contributed by atoms with Crippen LogP contribution in [0.4, 0.5) is 0 Å². The summed E-state index contributed by atoms with van der Waals surface area (Å²) in [6.45, 7) is 0. The highest BCUT2D eigenvalue weighted by molar-refractivity contribution is 6.10. The third kappa shape index (κ3) is 3.55. The van der Waals surface area contributed by atoms with Crippen LogP contribution in [0.3, 0.4) is 0 Å². The number of fused-ring (bicyclic) bond motifs is 6. The fraction of sp³-hybridized carbons (Fsp3) is 0.0526. The van der Waals surface area contributed by atoms with Gasteiger partial charge in [-0.15, -0.1) is 0 Å². The van der Waals surface area contributed by atoms with Gasteiger partial charge in [-0.2, -0.15) is 0 Å². The number of hydrogen-bond donors (Lipinski definition) is 0. The van der Waals surface area contributed by atoms with E-state index >= 15 is 0 Å². The fourth-order valence-electron chi connectivity index (χ4n) is 6.57. The Balaban J connectivity index is 1.28. The number of aromatic nitrogens is 1. The summed E-state index contributed by atoms with van der Waals surface area (Å²) in [4.78, 5) is 0. The number of rotatable bonds is 3. The Labute approximate surface area is 228 Å². The van der Waals surface area contributed by atoms with Crippen molar-refractivity contribution >= 4 is 21.8 Å². The van der Waals surface area contributed by atoms with E-state index in [0.717, 1.165) is 6.42 Å². The summed E-state index contributed by atoms with van der Waals surface area (Å²) in [5.74, 6) is 0.372. The van der Waals surface area contributed by atoms with Crippen molar-refractivity contribution in [1.82, 2.24) is 4.57 Å². The molecule has 1 aromatic heterocycles. The molecule has 0 radical (unpaired) electrons. The van der Waals surface area contributed by atoms with Crippen LogP contribution < -0.4 is 0 Å². The van der Waals surface area contributed by atoms with Crippen molar-refractivity contribution in [3.05, 3.63) is 162 Å². The molecule has 0 saturated carbocycles. The Kier molecular flexibility index (Phi) is 5.03. The zero-order valence-electron chi connectivity index (χ0n) is 21.6. The van der Waals surface area contributed by atoms with Gasteiger partial charge in [0.05, 0.1) is 11.0 Å². The summed E-state index contributed by atoms with van der Waals surface area (Å²) in [6, 6.07) is 53.3. The maximum Gasteiger partial charge on any atom is 0.0541 e. The van der Waals surface area contributed by atoms with Crippen molar-refractivity contribution in [2.45, 2.75) is 12.3 Å². The van der Waals surface area contributed by atoms with Gasteiger partial charge in [0, 0.05) is 22.4 Å². The van der Waals surface area contributed by atoms with Gasteiger partial charge in [0.15, 0.2) is 0 Å². The average molecular weight is 498 g/mol. The first-order chi connectivity index (χ1) is 19.3. The van der Waals surface area contributed by atoms with Gasteiger partial charge < -0.3 is 4.57 Å². The normalized spacial score (nSPS) is 14.3. The van der Waals surface area contributed by atoms with Gasteiger partial charge in [-0.3, -0.25) is 0 Å². The molecule has 8 rings (SSSR count). The lowest BCUT2D eigenvalue weighted by molar-refractivity contribution is 0.794. The van der Waals surface area contributed by atoms with Gasteiger partial charge in [-0.25, -0.2) is 0 Å². The second-order valence-electron chi connectivity index (χ2n) is 10.5. The Morgan fingerprint density at radius 3 is 2.03 bits per heavy atom. The van der Waals surface area contributed by atoms with Crippen LogP contribution in [-0.2, 0) is 6.42 Å². The molecule has 0 spiro atoms. The van der Waals surface area contributed by atoms with E-state index < -0.39 is 0 Å². The summed E-state index contributed by atoms with van der Waals surface area (Å²) < 4.78 is 2.38. The minimum atomic E-state index is 0.372. The summed E-state index contributed by atoms with van der Waals surface area (Å²) in [6.07, 6.45) is 1.01. The molecular formula is C38H27N. The molecule has 0 bridgehead atoms. The number of para-hydroxylation sites is 2. The molecule has 7 aromatic rings. The quantitative estimate of drug-likeness (QED) is 0.229. The Hall–Kier alpha value is -4.88. The SMILES string of the molecule is c1ccc(C2Cc3cc(-c4ccc5c(c4)c4ccccc4n5-c4ccccc4)ccc3-c3ccccc32)cc1. The molecule has 39 heavy (non-hydrogen) atoms. The summed E-state index contributed by atoms with van der Waals surface area (Å²) in [5, 5.41) is 2.58. The van der Waals surface area contributed by atoms with Crippen LogP contribution in [0.25, 0.3) is 49.7 Å². The molecule has 1 aliphatic carbocycles. The highest BCUT2D eigenvalue weighted by Crippen LogP contribution is 2.44. The average Bonchev–Trinajstić information content (AvgIpc) is 3.35. The Morgan fingerprint density at radius 2 is 1.15 bits per heavy atom. The first-order valence-corrected chi connectivity index (χ1v) is 13.7. The van der Waals surface area contributed by atoms with Crippen LogP contribution in [0.1, 0.15) is 22.6 Å². The zero-order valence-corrected chi connectivity index (χ0v) is 21.6. The maximum absolute atomic E-state index is 2.43. The van der Waals surface area contributed by atoms with E-state index in [4.69, 9.17) is 0 Å².